The highest BCUT2D eigenvalue weighted by molar-refractivity contribution is 5.34. The number of hydrogen-bond acceptors (Lipinski definition) is 4. The molecule has 2 heterocycles. The molecule has 2 unspecified atom stereocenters. The quantitative estimate of drug-likeness (QED) is 0.834. The molecule has 2 aromatic rings. The summed E-state index contributed by atoms with van der Waals surface area (Å²) in [6, 6.07) is 9.89. The van der Waals surface area contributed by atoms with Crippen LogP contribution in [0.1, 0.15) is 29.0 Å². The van der Waals surface area contributed by atoms with Gasteiger partial charge in [-0.3, -0.25) is 0 Å². The van der Waals surface area contributed by atoms with Crippen LogP contribution in [0.2, 0.25) is 0 Å². The molecule has 1 aliphatic heterocycles. The van der Waals surface area contributed by atoms with Gasteiger partial charge < -0.3 is 10.4 Å². The predicted octanol–water partition coefficient (Wildman–Crippen LogP) is 1.40. The maximum absolute atomic E-state index is 10.4. The lowest BCUT2D eigenvalue weighted by atomic mass is 9.90. The maximum Gasteiger partial charge on any atom is 0.115 e. The fourth-order valence-corrected chi connectivity index (χ4v) is 2.47. The molecule has 0 saturated carbocycles. The van der Waals surface area contributed by atoms with E-state index in [4.69, 9.17) is 0 Å². The maximum atomic E-state index is 10.4. The van der Waals surface area contributed by atoms with E-state index in [2.05, 4.69) is 27.4 Å². The van der Waals surface area contributed by atoms with Crippen molar-refractivity contribution >= 4 is 0 Å². The molecule has 1 aliphatic rings. The highest BCUT2D eigenvalue weighted by Crippen LogP contribution is 2.32. The van der Waals surface area contributed by atoms with E-state index in [1.54, 1.807) is 12.3 Å². The van der Waals surface area contributed by atoms with Crippen LogP contribution < -0.4 is 5.32 Å². The third-order valence-corrected chi connectivity index (χ3v) is 3.37. The van der Waals surface area contributed by atoms with E-state index in [0.29, 0.717) is 5.69 Å². The van der Waals surface area contributed by atoms with Gasteiger partial charge in [-0.25, -0.2) is 9.97 Å². The largest absolute Gasteiger partial charge is 0.385 e. The number of fused-ring (bicyclic) bond motifs is 1. The van der Waals surface area contributed by atoms with E-state index < -0.39 is 6.10 Å². The minimum absolute atomic E-state index is 0.0927. The summed E-state index contributed by atoms with van der Waals surface area (Å²) >= 11 is 0. The molecule has 18 heavy (non-hydrogen) atoms. The Kier molecular flexibility index (Phi) is 3.04. The van der Waals surface area contributed by atoms with Crippen LogP contribution in [0.4, 0.5) is 0 Å². The SMILES string of the molecule is OC(c1ccncn1)C1NCCc2ccccc21. The summed E-state index contributed by atoms with van der Waals surface area (Å²) in [7, 11) is 0. The molecule has 0 radical (unpaired) electrons. The molecule has 0 aliphatic carbocycles. The van der Waals surface area contributed by atoms with E-state index in [-0.39, 0.29) is 6.04 Å². The number of hydrogen-bond donors (Lipinski definition) is 2. The van der Waals surface area contributed by atoms with Gasteiger partial charge in [0.05, 0.1) is 11.7 Å². The fraction of sp³-hybridized carbons (Fsp3) is 0.286. The lowest BCUT2D eigenvalue weighted by molar-refractivity contribution is 0.121. The van der Waals surface area contributed by atoms with Crippen LogP contribution in [0.3, 0.4) is 0 Å². The molecule has 1 aromatic heterocycles. The molecule has 0 fully saturated rings. The number of nitrogens with one attached hydrogen (secondary N) is 1. The molecule has 92 valence electrons. The average Bonchev–Trinajstić information content (AvgIpc) is 2.47. The van der Waals surface area contributed by atoms with Crippen molar-refractivity contribution < 1.29 is 5.11 Å². The van der Waals surface area contributed by atoms with Crippen LogP contribution in [-0.2, 0) is 6.42 Å². The van der Waals surface area contributed by atoms with Gasteiger partial charge in [0.15, 0.2) is 0 Å². The van der Waals surface area contributed by atoms with Gasteiger partial charge in [0.2, 0.25) is 0 Å². The highest BCUT2D eigenvalue weighted by atomic mass is 16.3. The molecule has 1 aromatic carbocycles. The summed E-state index contributed by atoms with van der Waals surface area (Å²) in [5, 5.41) is 13.8. The standard InChI is InChI=1S/C14H15N3O/c18-14(12-6-7-15-9-17-12)13-11-4-2-1-3-10(11)5-8-16-13/h1-4,6-7,9,13-14,16,18H,5,8H2. The Labute approximate surface area is 106 Å². The molecule has 0 amide bonds. The first-order chi connectivity index (χ1) is 8.86. The molecular weight excluding hydrogens is 226 g/mol. The second-order valence-electron chi connectivity index (χ2n) is 4.46. The van der Waals surface area contributed by atoms with E-state index in [9.17, 15) is 5.11 Å². The summed E-state index contributed by atoms with van der Waals surface area (Å²) in [5.41, 5.74) is 3.11. The normalized spacial score (nSPS) is 20.2. The zero-order valence-electron chi connectivity index (χ0n) is 9.95. The number of benzene rings is 1. The first kappa shape index (κ1) is 11.3. The lowest BCUT2D eigenvalue weighted by Gasteiger charge is -2.30. The second-order valence-corrected chi connectivity index (χ2v) is 4.46. The second kappa shape index (κ2) is 4.84. The Morgan fingerprint density at radius 2 is 2.17 bits per heavy atom. The van der Waals surface area contributed by atoms with Crippen LogP contribution in [0.15, 0.2) is 42.9 Å². The van der Waals surface area contributed by atoms with Crippen molar-refractivity contribution in [2.45, 2.75) is 18.6 Å². The van der Waals surface area contributed by atoms with Crippen molar-refractivity contribution in [2.24, 2.45) is 0 Å². The Morgan fingerprint density at radius 1 is 1.28 bits per heavy atom. The molecule has 2 atom stereocenters. The van der Waals surface area contributed by atoms with Crippen LogP contribution in [0.25, 0.3) is 0 Å². The summed E-state index contributed by atoms with van der Waals surface area (Å²) in [6.07, 6.45) is 3.48. The van der Waals surface area contributed by atoms with Crippen molar-refractivity contribution in [3.05, 3.63) is 59.7 Å². The number of aliphatic hydroxyl groups is 1. The van der Waals surface area contributed by atoms with Crippen LogP contribution in [0, 0.1) is 0 Å². The van der Waals surface area contributed by atoms with E-state index in [1.165, 1.54) is 11.9 Å². The first-order valence-electron chi connectivity index (χ1n) is 6.11. The molecule has 2 N–H and O–H groups in total. The smallest absolute Gasteiger partial charge is 0.115 e. The summed E-state index contributed by atoms with van der Waals surface area (Å²) in [5.74, 6) is 0. The Hall–Kier alpha value is -1.78. The summed E-state index contributed by atoms with van der Waals surface area (Å²) in [4.78, 5) is 8.00. The van der Waals surface area contributed by atoms with Crippen LogP contribution in [0.5, 0.6) is 0 Å². The van der Waals surface area contributed by atoms with E-state index in [1.807, 2.05) is 12.1 Å². The first-order valence-corrected chi connectivity index (χ1v) is 6.11. The van der Waals surface area contributed by atoms with Gasteiger partial charge in [0, 0.05) is 6.20 Å². The molecule has 0 bridgehead atoms. The van der Waals surface area contributed by atoms with Crippen LogP contribution >= 0.6 is 0 Å². The minimum Gasteiger partial charge on any atom is -0.385 e. The van der Waals surface area contributed by atoms with Crippen molar-refractivity contribution in [3.8, 4) is 0 Å². The van der Waals surface area contributed by atoms with E-state index >= 15 is 0 Å². The lowest BCUT2D eigenvalue weighted by Crippen LogP contribution is -2.34. The Balaban J connectivity index is 1.94. The summed E-state index contributed by atoms with van der Waals surface area (Å²) < 4.78 is 0. The highest BCUT2D eigenvalue weighted by Gasteiger charge is 2.27. The van der Waals surface area contributed by atoms with Gasteiger partial charge in [-0.1, -0.05) is 24.3 Å². The van der Waals surface area contributed by atoms with Crippen molar-refractivity contribution in [1.82, 2.24) is 15.3 Å². The van der Waals surface area contributed by atoms with Crippen molar-refractivity contribution in [2.75, 3.05) is 6.54 Å². The Bertz CT molecular complexity index is 530. The molecule has 3 rings (SSSR count). The summed E-state index contributed by atoms with van der Waals surface area (Å²) in [6.45, 7) is 0.879. The van der Waals surface area contributed by atoms with Gasteiger partial charge >= 0.3 is 0 Å². The van der Waals surface area contributed by atoms with Crippen molar-refractivity contribution in [3.63, 3.8) is 0 Å². The number of aromatic nitrogens is 2. The fourth-order valence-electron chi connectivity index (χ4n) is 2.47. The molecule has 0 spiro atoms. The van der Waals surface area contributed by atoms with Gasteiger partial charge in [-0.2, -0.15) is 0 Å². The van der Waals surface area contributed by atoms with Gasteiger partial charge in [0.25, 0.3) is 0 Å². The topological polar surface area (TPSA) is 58.0 Å². The number of rotatable bonds is 2. The zero-order valence-corrected chi connectivity index (χ0v) is 9.95. The molecular formula is C14H15N3O. The molecule has 4 nitrogen and oxygen atoms in total. The van der Waals surface area contributed by atoms with E-state index in [0.717, 1.165) is 18.5 Å². The third-order valence-electron chi connectivity index (χ3n) is 3.37. The van der Waals surface area contributed by atoms with Crippen molar-refractivity contribution in [1.29, 1.82) is 0 Å². The number of aliphatic hydroxyl groups excluding tert-OH is 1. The predicted molar refractivity (Wildman–Crippen MR) is 67.9 cm³/mol. The molecule has 4 heteroatoms. The zero-order chi connectivity index (χ0) is 12.4. The van der Waals surface area contributed by atoms with Gasteiger partial charge in [-0.05, 0) is 30.2 Å². The monoisotopic (exact) mass is 241 g/mol. The average molecular weight is 241 g/mol. The Morgan fingerprint density at radius 3 is 3.00 bits per heavy atom. The minimum atomic E-state index is -0.644. The van der Waals surface area contributed by atoms with Crippen LogP contribution in [-0.4, -0.2) is 21.6 Å². The van der Waals surface area contributed by atoms with Gasteiger partial charge in [0.1, 0.15) is 12.4 Å². The molecule has 0 saturated heterocycles. The number of nitrogens with zero attached hydrogens (tertiary/aromatic N) is 2. The van der Waals surface area contributed by atoms with Gasteiger partial charge in [-0.15, -0.1) is 0 Å². The third kappa shape index (κ3) is 2.00.